The van der Waals surface area contributed by atoms with Gasteiger partial charge in [0, 0.05) is 54.5 Å². The number of likely N-dealkylation sites (tertiary alicyclic amines) is 1. The summed E-state index contributed by atoms with van der Waals surface area (Å²) in [6, 6.07) is 7.95. The summed E-state index contributed by atoms with van der Waals surface area (Å²) in [6.07, 6.45) is -8.53. The molecule has 2 aliphatic rings. The molecule has 45 heavy (non-hydrogen) atoms. The van der Waals surface area contributed by atoms with E-state index in [0.29, 0.717) is 4.75 Å². The van der Waals surface area contributed by atoms with Crippen molar-refractivity contribution in [3.63, 3.8) is 0 Å². The molecule has 2 saturated heterocycles. The average molecular weight is 686 g/mol. The first-order valence-electron chi connectivity index (χ1n) is 11.9. The monoisotopic (exact) mass is 685 g/mol. The predicted octanol–water partition coefficient (Wildman–Crippen LogP) is 4.52. The molecule has 0 aromatic carbocycles. The Morgan fingerprint density at radius 2 is 1.40 bits per heavy atom. The summed E-state index contributed by atoms with van der Waals surface area (Å²) >= 11 is 2.05. The summed E-state index contributed by atoms with van der Waals surface area (Å²) < 4.78 is 107. The lowest BCUT2D eigenvalue weighted by Crippen LogP contribution is -2.58. The summed E-state index contributed by atoms with van der Waals surface area (Å²) in [5.41, 5.74) is 1.15. The van der Waals surface area contributed by atoms with E-state index in [1.807, 2.05) is 30.0 Å². The zero-order chi connectivity index (χ0) is 34.6. The third kappa shape index (κ3) is 14.1. The summed E-state index contributed by atoms with van der Waals surface area (Å²) in [5, 5.41) is 21.4. The number of rotatable bonds is 5. The van der Waals surface area contributed by atoms with Crippen LogP contribution in [0.1, 0.15) is 12.0 Å². The molecule has 1 atom stereocenters. The van der Waals surface area contributed by atoms with Crippen molar-refractivity contribution >= 4 is 29.7 Å². The molecule has 3 N–H and O–H groups in total. The minimum absolute atomic E-state index is 0.286. The van der Waals surface area contributed by atoms with Crippen molar-refractivity contribution in [3.8, 4) is 11.6 Å². The maximum Gasteiger partial charge on any atom is 0.490 e. The number of hydrogen-bond donors (Lipinski definition) is 3. The number of methoxy groups -OCH3 is 1. The van der Waals surface area contributed by atoms with Gasteiger partial charge in [-0.05, 0) is 18.2 Å². The van der Waals surface area contributed by atoms with Crippen LogP contribution in [0.2, 0.25) is 0 Å². The first-order chi connectivity index (χ1) is 20.6. The number of pyridine rings is 2. The van der Waals surface area contributed by atoms with E-state index in [2.05, 4.69) is 20.9 Å². The molecule has 0 amide bonds. The fraction of sp³-hybridized carbons (Fsp3) is 0.458. The smallest absolute Gasteiger partial charge is 0.488 e. The minimum atomic E-state index is -5.08. The van der Waals surface area contributed by atoms with Crippen LogP contribution in [0.25, 0.3) is 0 Å². The molecule has 1 unspecified atom stereocenters. The van der Waals surface area contributed by atoms with Crippen LogP contribution in [-0.4, -0.2) is 103 Å². The van der Waals surface area contributed by atoms with Crippen molar-refractivity contribution in [2.45, 2.75) is 42.3 Å². The quantitative estimate of drug-likeness (QED) is 0.379. The number of nitrogens with zero attached hydrogens (tertiary/aromatic N) is 3. The fourth-order valence-corrected chi connectivity index (χ4v) is 5.13. The van der Waals surface area contributed by atoms with Crippen molar-refractivity contribution < 1.29 is 78.7 Å². The molecular weight excluding hydrogens is 661 g/mol. The molecular formula is C24H24F9N3O8S. The van der Waals surface area contributed by atoms with E-state index in [1.165, 1.54) is 0 Å². The van der Waals surface area contributed by atoms with E-state index in [0.717, 1.165) is 49.0 Å². The number of alkyl halides is 9. The maximum atomic E-state index is 10.6. The van der Waals surface area contributed by atoms with Gasteiger partial charge in [-0.15, -0.1) is 11.8 Å². The maximum absolute atomic E-state index is 10.6. The Morgan fingerprint density at radius 1 is 0.911 bits per heavy atom. The summed E-state index contributed by atoms with van der Waals surface area (Å²) in [4.78, 5) is 37.5. The molecule has 2 fully saturated rings. The van der Waals surface area contributed by atoms with Crippen LogP contribution in [0, 0.1) is 0 Å². The Balaban J connectivity index is 0.000000396. The Morgan fingerprint density at radius 3 is 1.82 bits per heavy atom. The topological polar surface area (TPSA) is 159 Å². The standard InChI is InChI=1S/C18H21N3O2S.3C2HF3O2/c1-22-17-14(4-2-7-20-17)10-21-12-18(13-21)8-16(11-24-18)23-15-5-3-6-19-9-15;3*3-2(4,5)1(6)7/h2-7,9,16H,8,10-13H2,1H3;3*(H,6,7). The SMILES string of the molecule is COc1ncccc1CN1CC2(CC(Oc3cccnc3)CS2)C1.O=C(O)C(F)(F)F.O=C(O)C(F)(F)F.O=C(O)C(F)(F)F. The van der Waals surface area contributed by atoms with Gasteiger partial charge in [0.25, 0.3) is 0 Å². The number of carboxylic acids is 3. The van der Waals surface area contributed by atoms with Gasteiger partial charge in [0.15, 0.2) is 0 Å². The van der Waals surface area contributed by atoms with Gasteiger partial charge in [-0.2, -0.15) is 39.5 Å². The molecule has 1 spiro atoms. The van der Waals surface area contributed by atoms with E-state index in [4.69, 9.17) is 39.2 Å². The van der Waals surface area contributed by atoms with Gasteiger partial charge in [-0.1, -0.05) is 6.07 Å². The molecule has 252 valence electrons. The summed E-state index contributed by atoms with van der Waals surface area (Å²) in [7, 11) is 1.68. The van der Waals surface area contributed by atoms with Gasteiger partial charge in [0.1, 0.15) is 11.9 Å². The molecule has 2 aromatic heterocycles. The van der Waals surface area contributed by atoms with Crippen LogP contribution < -0.4 is 9.47 Å². The van der Waals surface area contributed by atoms with Crippen LogP contribution in [0.4, 0.5) is 39.5 Å². The highest BCUT2D eigenvalue weighted by atomic mass is 32.2. The Bertz CT molecular complexity index is 1200. The van der Waals surface area contributed by atoms with Crippen molar-refractivity contribution in [2.24, 2.45) is 0 Å². The van der Waals surface area contributed by atoms with E-state index in [9.17, 15) is 39.5 Å². The second kappa shape index (κ2) is 16.3. The lowest BCUT2D eigenvalue weighted by Gasteiger charge is -2.47. The summed E-state index contributed by atoms with van der Waals surface area (Å²) in [6.45, 7) is 3.10. The number of aliphatic carboxylic acids is 3. The fourth-order valence-electron chi connectivity index (χ4n) is 3.56. The number of ether oxygens (including phenoxy) is 2. The number of carboxylic acid groups (broad SMARTS) is 3. The number of hydrogen-bond acceptors (Lipinski definition) is 9. The molecule has 4 rings (SSSR count). The van der Waals surface area contributed by atoms with Crippen molar-refractivity contribution in [3.05, 3.63) is 48.4 Å². The Labute approximate surface area is 252 Å². The molecule has 0 aliphatic carbocycles. The van der Waals surface area contributed by atoms with Gasteiger partial charge in [-0.3, -0.25) is 9.88 Å². The molecule has 2 aromatic rings. The molecule has 2 aliphatic heterocycles. The lowest BCUT2D eigenvalue weighted by molar-refractivity contribution is -0.193. The summed E-state index contributed by atoms with van der Waals surface area (Å²) in [5.74, 6) is -5.61. The van der Waals surface area contributed by atoms with Gasteiger partial charge in [-0.25, -0.2) is 19.4 Å². The largest absolute Gasteiger partial charge is 0.490 e. The highest BCUT2D eigenvalue weighted by molar-refractivity contribution is 8.01. The van der Waals surface area contributed by atoms with Crippen LogP contribution in [-0.2, 0) is 20.9 Å². The van der Waals surface area contributed by atoms with E-state index in [-0.39, 0.29) is 6.10 Å². The highest BCUT2D eigenvalue weighted by Crippen LogP contribution is 2.46. The van der Waals surface area contributed by atoms with E-state index in [1.54, 1.807) is 25.7 Å². The number of aromatic nitrogens is 2. The molecule has 21 heteroatoms. The first-order valence-corrected chi connectivity index (χ1v) is 12.9. The predicted molar refractivity (Wildman–Crippen MR) is 136 cm³/mol. The zero-order valence-electron chi connectivity index (χ0n) is 22.7. The minimum Gasteiger partial charge on any atom is -0.488 e. The Hall–Kier alpha value is -4.01. The molecule has 11 nitrogen and oxygen atoms in total. The normalized spacial score (nSPS) is 17.2. The van der Waals surface area contributed by atoms with Crippen LogP contribution >= 0.6 is 11.8 Å². The van der Waals surface area contributed by atoms with E-state index >= 15 is 0 Å². The zero-order valence-corrected chi connectivity index (χ0v) is 23.5. The number of thioether (sulfide) groups is 1. The third-order valence-electron chi connectivity index (χ3n) is 5.30. The van der Waals surface area contributed by atoms with Crippen LogP contribution in [0.5, 0.6) is 11.6 Å². The second-order valence-electron chi connectivity index (χ2n) is 8.85. The number of halogens is 9. The van der Waals surface area contributed by atoms with Gasteiger partial charge in [0.05, 0.1) is 13.3 Å². The highest BCUT2D eigenvalue weighted by Gasteiger charge is 2.49. The second-order valence-corrected chi connectivity index (χ2v) is 10.3. The van der Waals surface area contributed by atoms with Crippen molar-refractivity contribution in [1.29, 1.82) is 0 Å². The van der Waals surface area contributed by atoms with Crippen LogP contribution in [0.15, 0.2) is 42.9 Å². The van der Waals surface area contributed by atoms with Gasteiger partial charge in [0.2, 0.25) is 5.88 Å². The van der Waals surface area contributed by atoms with E-state index < -0.39 is 36.4 Å². The van der Waals surface area contributed by atoms with Gasteiger partial charge >= 0.3 is 36.4 Å². The van der Waals surface area contributed by atoms with Crippen LogP contribution in [0.3, 0.4) is 0 Å². The lowest BCUT2D eigenvalue weighted by atomic mass is 9.92. The first kappa shape index (κ1) is 39.0. The molecule has 0 saturated carbocycles. The van der Waals surface area contributed by atoms with Gasteiger partial charge < -0.3 is 24.8 Å². The van der Waals surface area contributed by atoms with Crippen molar-refractivity contribution in [1.82, 2.24) is 14.9 Å². The third-order valence-corrected chi connectivity index (χ3v) is 6.88. The van der Waals surface area contributed by atoms with Crippen molar-refractivity contribution in [2.75, 3.05) is 26.0 Å². The molecule has 4 heterocycles. The molecule has 0 bridgehead atoms. The molecule has 0 radical (unpaired) electrons. The average Bonchev–Trinajstić information content (AvgIpc) is 3.32. The Kier molecular flexibility index (Phi) is 14.2. The number of carbonyl (C=O) groups is 3.